The highest BCUT2D eigenvalue weighted by Crippen LogP contribution is 2.34. The fraction of sp³-hybridized carbons (Fsp3) is 0.304. The molecule has 5 nitrogen and oxygen atoms in total. The Bertz CT molecular complexity index is 908. The summed E-state index contributed by atoms with van der Waals surface area (Å²) >= 11 is 0.970. The van der Waals surface area contributed by atoms with Crippen LogP contribution in [0.25, 0.3) is 6.08 Å². The molecule has 0 N–H and O–H groups in total. The van der Waals surface area contributed by atoms with Gasteiger partial charge in [-0.2, -0.15) is 0 Å². The van der Waals surface area contributed by atoms with Crippen LogP contribution >= 0.6 is 11.8 Å². The van der Waals surface area contributed by atoms with Crippen molar-refractivity contribution in [1.29, 1.82) is 0 Å². The largest absolute Gasteiger partial charge is 0.493 e. The summed E-state index contributed by atoms with van der Waals surface area (Å²) in [6.45, 7) is 5.12. The van der Waals surface area contributed by atoms with E-state index in [9.17, 15) is 9.59 Å². The van der Waals surface area contributed by atoms with E-state index in [1.165, 1.54) is 4.90 Å². The molecule has 0 aromatic heterocycles. The predicted octanol–water partition coefficient (Wildman–Crippen LogP) is 5.01. The second-order valence-electron chi connectivity index (χ2n) is 7.18. The van der Waals surface area contributed by atoms with Crippen molar-refractivity contribution in [1.82, 2.24) is 4.90 Å². The molecule has 1 fully saturated rings. The van der Waals surface area contributed by atoms with E-state index in [1.807, 2.05) is 48.5 Å². The van der Waals surface area contributed by atoms with Crippen LogP contribution < -0.4 is 9.47 Å². The molecule has 1 aliphatic rings. The average molecular weight is 412 g/mol. The molecular formula is C23H25NO4S. The Kier molecular flexibility index (Phi) is 6.99. The lowest BCUT2D eigenvalue weighted by Crippen LogP contribution is -2.30. The van der Waals surface area contributed by atoms with Crippen LogP contribution in [0.15, 0.2) is 53.4 Å². The molecule has 0 radical (unpaired) electrons. The van der Waals surface area contributed by atoms with Crippen molar-refractivity contribution >= 4 is 29.0 Å². The topological polar surface area (TPSA) is 55.8 Å². The van der Waals surface area contributed by atoms with Crippen molar-refractivity contribution in [3.8, 4) is 11.5 Å². The normalized spacial score (nSPS) is 15.4. The number of hydrogen-bond donors (Lipinski definition) is 0. The molecule has 0 atom stereocenters. The van der Waals surface area contributed by atoms with Crippen LogP contribution in [0.5, 0.6) is 11.5 Å². The molecule has 152 valence electrons. The van der Waals surface area contributed by atoms with Crippen LogP contribution in [0.4, 0.5) is 4.79 Å². The first-order valence-electron chi connectivity index (χ1n) is 9.58. The highest BCUT2D eigenvalue weighted by molar-refractivity contribution is 8.18. The van der Waals surface area contributed by atoms with Gasteiger partial charge in [-0.15, -0.1) is 0 Å². The van der Waals surface area contributed by atoms with E-state index in [4.69, 9.17) is 9.47 Å². The molecular weight excluding hydrogens is 386 g/mol. The SMILES string of the molecule is COc1cc(/C=C2\SC(=O)N(CCc3ccccc3)C2=O)ccc1OCC(C)C. The number of hydrogen-bond acceptors (Lipinski definition) is 5. The fourth-order valence-electron chi connectivity index (χ4n) is 2.88. The molecule has 0 aliphatic carbocycles. The van der Waals surface area contributed by atoms with Gasteiger partial charge in [0.1, 0.15) is 0 Å². The zero-order chi connectivity index (χ0) is 20.8. The van der Waals surface area contributed by atoms with Crippen molar-refractivity contribution in [3.05, 3.63) is 64.6 Å². The monoisotopic (exact) mass is 411 g/mol. The first-order chi connectivity index (χ1) is 14.0. The van der Waals surface area contributed by atoms with Gasteiger partial charge in [0.15, 0.2) is 11.5 Å². The fourth-order valence-corrected chi connectivity index (χ4v) is 3.74. The summed E-state index contributed by atoms with van der Waals surface area (Å²) in [5, 5.41) is -0.235. The van der Waals surface area contributed by atoms with Gasteiger partial charge in [0.05, 0.1) is 18.6 Å². The second kappa shape index (κ2) is 9.65. The molecule has 2 aromatic rings. The summed E-state index contributed by atoms with van der Waals surface area (Å²) in [4.78, 5) is 26.7. The van der Waals surface area contributed by atoms with Crippen molar-refractivity contribution in [3.63, 3.8) is 0 Å². The summed E-state index contributed by atoms with van der Waals surface area (Å²) in [5.41, 5.74) is 1.88. The number of carbonyl (C=O) groups is 2. The van der Waals surface area contributed by atoms with Gasteiger partial charge in [-0.1, -0.05) is 50.2 Å². The maximum Gasteiger partial charge on any atom is 0.293 e. The van der Waals surface area contributed by atoms with Crippen molar-refractivity contribution in [2.75, 3.05) is 20.3 Å². The van der Waals surface area contributed by atoms with Gasteiger partial charge in [-0.05, 0) is 53.4 Å². The second-order valence-corrected chi connectivity index (χ2v) is 8.18. The van der Waals surface area contributed by atoms with E-state index in [0.717, 1.165) is 22.9 Å². The molecule has 0 spiro atoms. The molecule has 2 aromatic carbocycles. The summed E-state index contributed by atoms with van der Waals surface area (Å²) < 4.78 is 11.2. The molecule has 6 heteroatoms. The number of amides is 2. The number of thioether (sulfide) groups is 1. The highest BCUT2D eigenvalue weighted by atomic mass is 32.2. The van der Waals surface area contributed by atoms with Crippen LogP contribution in [0.3, 0.4) is 0 Å². The molecule has 1 aliphatic heterocycles. The van der Waals surface area contributed by atoms with Gasteiger partial charge in [-0.25, -0.2) is 0 Å². The van der Waals surface area contributed by atoms with Crippen molar-refractivity contribution in [2.45, 2.75) is 20.3 Å². The van der Waals surface area contributed by atoms with Crippen LogP contribution in [0, 0.1) is 5.92 Å². The standard InChI is InChI=1S/C23H25NO4S/c1-16(2)15-28-19-10-9-18(13-20(19)27-3)14-21-22(25)24(23(26)29-21)12-11-17-7-5-4-6-8-17/h4-10,13-14,16H,11-12,15H2,1-3H3/b21-14-. The zero-order valence-electron chi connectivity index (χ0n) is 16.9. The number of carbonyl (C=O) groups excluding carboxylic acids is 2. The number of rotatable bonds is 8. The lowest BCUT2D eigenvalue weighted by molar-refractivity contribution is -0.122. The third-order valence-corrected chi connectivity index (χ3v) is 5.31. The van der Waals surface area contributed by atoms with Crippen LogP contribution in [-0.4, -0.2) is 36.3 Å². The Balaban J connectivity index is 1.71. The molecule has 1 saturated heterocycles. The third-order valence-electron chi connectivity index (χ3n) is 4.40. The minimum absolute atomic E-state index is 0.235. The Morgan fingerprint density at radius 2 is 1.83 bits per heavy atom. The number of ether oxygens (including phenoxy) is 2. The van der Waals surface area contributed by atoms with Gasteiger partial charge in [0.2, 0.25) is 0 Å². The third kappa shape index (κ3) is 5.41. The predicted molar refractivity (Wildman–Crippen MR) is 116 cm³/mol. The highest BCUT2D eigenvalue weighted by Gasteiger charge is 2.34. The van der Waals surface area contributed by atoms with E-state index in [2.05, 4.69) is 13.8 Å². The number of benzene rings is 2. The van der Waals surface area contributed by atoms with Gasteiger partial charge < -0.3 is 9.47 Å². The number of methoxy groups -OCH3 is 1. The lowest BCUT2D eigenvalue weighted by atomic mass is 10.1. The maximum atomic E-state index is 12.7. The Morgan fingerprint density at radius 1 is 1.07 bits per heavy atom. The van der Waals surface area contributed by atoms with E-state index in [-0.39, 0.29) is 11.1 Å². The van der Waals surface area contributed by atoms with Crippen LogP contribution in [0.2, 0.25) is 0 Å². The van der Waals surface area contributed by atoms with Crippen LogP contribution in [-0.2, 0) is 11.2 Å². The zero-order valence-corrected chi connectivity index (χ0v) is 17.7. The molecule has 0 saturated carbocycles. The summed E-state index contributed by atoms with van der Waals surface area (Å²) in [5.74, 6) is 1.41. The molecule has 0 unspecified atom stereocenters. The summed E-state index contributed by atoms with van der Waals surface area (Å²) in [6.07, 6.45) is 2.37. The number of nitrogens with zero attached hydrogens (tertiary/aromatic N) is 1. The van der Waals surface area contributed by atoms with Gasteiger partial charge in [-0.3, -0.25) is 14.5 Å². The molecule has 0 bridgehead atoms. The minimum atomic E-state index is -0.255. The molecule has 1 heterocycles. The number of imide groups is 1. The van der Waals surface area contributed by atoms with E-state index >= 15 is 0 Å². The van der Waals surface area contributed by atoms with Crippen molar-refractivity contribution < 1.29 is 19.1 Å². The Morgan fingerprint density at radius 3 is 2.52 bits per heavy atom. The Labute approximate surface area is 175 Å². The maximum absolute atomic E-state index is 12.7. The van der Waals surface area contributed by atoms with Crippen LogP contribution in [0.1, 0.15) is 25.0 Å². The minimum Gasteiger partial charge on any atom is -0.493 e. The van der Waals surface area contributed by atoms with E-state index in [0.29, 0.717) is 41.9 Å². The van der Waals surface area contributed by atoms with Crippen molar-refractivity contribution in [2.24, 2.45) is 5.92 Å². The smallest absolute Gasteiger partial charge is 0.293 e. The summed E-state index contributed by atoms with van der Waals surface area (Å²) in [6, 6.07) is 15.3. The first-order valence-corrected chi connectivity index (χ1v) is 10.4. The Hall–Kier alpha value is -2.73. The molecule has 29 heavy (non-hydrogen) atoms. The van der Waals surface area contributed by atoms with Gasteiger partial charge in [0, 0.05) is 6.54 Å². The van der Waals surface area contributed by atoms with Gasteiger partial charge >= 0.3 is 0 Å². The summed E-state index contributed by atoms with van der Waals surface area (Å²) in [7, 11) is 1.58. The van der Waals surface area contributed by atoms with E-state index in [1.54, 1.807) is 13.2 Å². The average Bonchev–Trinajstić information content (AvgIpc) is 2.98. The van der Waals surface area contributed by atoms with Gasteiger partial charge in [0.25, 0.3) is 11.1 Å². The first kappa shape index (κ1) is 21.0. The molecule has 2 amide bonds. The quantitative estimate of drug-likeness (QED) is 0.572. The lowest BCUT2D eigenvalue weighted by Gasteiger charge is -2.13. The molecule has 3 rings (SSSR count). The van der Waals surface area contributed by atoms with E-state index < -0.39 is 0 Å².